The van der Waals surface area contributed by atoms with Crippen LogP contribution in [0.3, 0.4) is 0 Å². The number of carbonyl (C=O) groups excluding carboxylic acids is 1. The number of hydrogen-bond donors (Lipinski definition) is 1. The number of aryl methyl sites for hydroxylation is 2. The summed E-state index contributed by atoms with van der Waals surface area (Å²) < 4.78 is 39.0. The third kappa shape index (κ3) is 3.82. The topological polar surface area (TPSA) is 54.9 Å². The van der Waals surface area contributed by atoms with E-state index in [2.05, 4.69) is 31.2 Å². The zero-order valence-corrected chi connectivity index (χ0v) is 13.2. The largest absolute Gasteiger partial charge is 0.433 e. The van der Waals surface area contributed by atoms with Crippen molar-refractivity contribution in [3.63, 3.8) is 0 Å². The van der Waals surface area contributed by atoms with Crippen LogP contribution in [0.15, 0.2) is 28.7 Å². The predicted molar refractivity (Wildman–Crippen MR) is 78.6 cm³/mol. The number of hydrogen-bond acceptors (Lipinski definition) is 3. The minimum atomic E-state index is -4.63. The summed E-state index contributed by atoms with van der Waals surface area (Å²) in [6.07, 6.45) is -4.63. The summed E-state index contributed by atoms with van der Waals surface area (Å²) in [7, 11) is 0. The highest BCUT2D eigenvalue weighted by Crippen LogP contribution is 2.28. The number of benzene rings is 1. The molecule has 0 radical (unpaired) electrons. The van der Waals surface area contributed by atoms with Gasteiger partial charge in [0.25, 0.3) is 5.91 Å². The normalized spacial score (nSPS) is 11.4. The quantitative estimate of drug-likeness (QED) is 0.860. The Morgan fingerprint density at radius 1 is 1.18 bits per heavy atom. The van der Waals surface area contributed by atoms with Crippen molar-refractivity contribution in [1.82, 2.24) is 9.97 Å². The molecule has 0 unspecified atom stereocenters. The maximum Gasteiger partial charge on any atom is 0.433 e. The first-order valence-electron chi connectivity index (χ1n) is 6.17. The minimum absolute atomic E-state index is 0.118. The van der Waals surface area contributed by atoms with Crippen molar-refractivity contribution in [2.45, 2.75) is 20.0 Å². The van der Waals surface area contributed by atoms with Crippen molar-refractivity contribution in [2.24, 2.45) is 0 Å². The van der Waals surface area contributed by atoms with Crippen molar-refractivity contribution >= 4 is 27.5 Å². The Hall–Kier alpha value is -1.96. The van der Waals surface area contributed by atoms with Gasteiger partial charge in [-0.05, 0) is 37.6 Å². The molecule has 0 spiro atoms. The van der Waals surface area contributed by atoms with E-state index in [0.29, 0.717) is 11.8 Å². The van der Waals surface area contributed by atoms with Crippen LogP contribution in [-0.2, 0) is 6.18 Å². The molecule has 4 nitrogen and oxygen atoms in total. The van der Waals surface area contributed by atoms with E-state index >= 15 is 0 Å². The van der Waals surface area contributed by atoms with Crippen LogP contribution in [0, 0.1) is 13.8 Å². The van der Waals surface area contributed by atoms with Crippen molar-refractivity contribution in [3.05, 3.63) is 51.5 Å². The first-order chi connectivity index (χ1) is 10.2. The SMILES string of the molecule is Cc1nc(C(=O)Nc2ccc(Br)cc2C)cc(C(F)(F)F)n1. The van der Waals surface area contributed by atoms with Crippen molar-refractivity contribution < 1.29 is 18.0 Å². The lowest BCUT2D eigenvalue weighted by atomic mass is 10.2. The minimum Gasteiger partial charge on any atom is -0.320 e. The molecule has 0 saturated heterocycles. The molecule has 8 heteroatoms. The molecule has 0 aliphatic heterocycles. The molecule has 2 rings (SSSR count). The molecule has 0 fully saturated rings. The van der Waals surface area contributed by atoms with Gasteiger partial charge >= 0.3 is 6.18 Å². The molecule has 0 aliphatic carbocycles. The fourth-order valence-electron chi connectivity index (χ4n) is 1.78. The van der Waals surface area contributed by atoms with Crippen LogP contribution in [0.4, 0.5) is 18.9 Å². The molecular formula is C14H11BrF3N3O. The summed E-state index contributed by atoms with van der Waals surface area (Å²) >= 11 is 3.29. The van der Waals surface area contributed by atoms with Crippen LogP contribution < -0.4 is 5.32 Å². The Labute approximate surface area is 132 Å². The number of carbonyl (C=O) groups is 1. The summed E-state index contributed by atoms with van der Waals surface area (Å²) in [6, 6.07) is 5.78. The molecule has 0 saturated carbocycles. The van der Waals surface area contributed by atoms with Gasteiger partial charge < -0.3 is 5.32 Å². The number of anilines is 1. The number of alkyl halides is 3. The van der Waals surface area contributed by atoms with Gasteiger partial charge in [0.1, 0.15) is 17.2 Å². The number of halogens is 4. The van der Waals surface area contributed by atoms with E-state index in [9.17, 15) is 18.0 Å². The van der Waals surface area contributed by atoms with E-state index in [1.165, 1.54) is 6.92 Å². The first kappa shape index (κ1) is 16.4. The Morgan fingerprint density at radius 2 is 1.86 bits per heavy atom. The first-order valence-corrected chi connectivity index (χ1v) is 6.96. The second-order valence-electron chi connectivity index (χ2n) is 4.60. The second kappa shape index (κ2) is 6.04. The fraction of sp³-hybridized carbons (Fsp3) is 0.214. The second-order valence-corrected chi connectivity index (χ2v) is 5.51. The van der Waals surface area contributed by atoms with Gasteiger partial charge in [0.05, 0.1) is 0 Å². The Kier molecular flexibility index (Phi) is 4.50. The van der Waals surface area contributed by atoms with Crippen LogP contribution in [0.2, 0.25) is 0 Å². The predicted octanol–water partition coefficient (Wildman–Crippen LogP) is 4.13. The molecule has 0 atom stereocenters. The van der Waals surface area contributed by atoms with E-state index < -0.39 is 17.8 Å². The van der Waals surface area contributed by atoms with E-state index in [-0.39, 0.29) is 11.5 Å². The highest BCUT2D eigenvalue weighted by molar-refractivity contribution is 9.10. The van der Waals surface area contributed by atoms with Gasteiger partial charge in [0.2, 0.25) is 0 Å². The zero-order valence-electron chi connectivity index (χ0n) is 11.6. The molecule has 22 heavy (non-hydrogen) atoms. The lowest BCUT2D eigenvalue weighted by molar-refractivity contribution is -0.141. The number of aromatic nitrogens is 2. The smallest absolute Gasteiger partial charge is 0.320 e. The average molecular weight is 374 g/mol. The summed E-state index contributed by atoms with van der Waals surface area (Å²) in [4.78, 5) is 19.2. The monoisotopic (exact) mass is 373 g/mol. The Morgan fingerprint density at radius 3 is 2.45 bits per heavy atom. The molecule has 2 aromatic rings. The maximum atomic E-state index is 12.7. The van der Waals surface area contributed by atoms with Crippen LogP contribution in [0.1, 0.15) is 27.6 Å². The molecule has 1 amide bonds. The van der Waals surface area contributed by atoms with Gasteiger partial charge in [0, 0.05) is 16.2 Å². The van der Waals surface area contributed by atoms with Crippen LogP contribution >= 0.6 is 15.9 Å². The number of nitrogens with zero attached hydrogens (tertiary/aromatic N) is 2. The lowest BCUT2D eigenvalue weighted by Crippen LogP contribution is -2.18. The Bertz CT molecular complexity index is 732. The molecule has 0 bridgehead atoms. The Balaban J connectivity index is 2.32. The number of nitrogens with one attached hydrogen (secondary N) is 1. The van der Waals surface area contributed by atoms with Crippen LogP contribution in [0.5, 0.6) is 0 Å². The van der Waals surface area contributed by atoms with Gasteiger partial charge in [-0.15, -0.1) is 0 Å². The fourth-order valence-corrected chi connectivity index (χ4v) is 2.26. The average Bonchev–Trinajstić information content (AvgIpc) is 2.40. The van der Waals surface area contributed by atoms with Crippen molar-refractivity contribution in [2.75, 3.05) is 5.32 Å². The van der Waals surface area contributed by atoms with E-state index in [4.69, 9.17) is 0 Å². The van der Waals surface area contributed by atoms with Crippen molar-refractivity contribution in [3.8, 4) is 0 Å². The number of rotatable bonds is 2. The lowest BCUT2D eigenvalue weighted by Gasteiger charge is -2.11. The highest BCUT2D eigenvalue weighted by atomic mass is 79.9. The molecule has 116 valence electrons. The van der Waals surface area contributed by atoms with Crippen LogP contribution in [0.25, 0.3) is 0 Å². The van der Waals surface area contributed by atoms with Gasteiger partial charge in [-0.1, -0.05) is 15.9 Å². The van der Waals surface area contributed by atoms with E-state index in [1.54, 1.807) is 25.1 Å². The van der Waals surface area contributed by atoms with Gasteiger partial charge in [-0.2, -0.15) is 13.2 Å². The molecule has 1 heterocycles. The summed E-state index contributed by atoms with van der Waals surface area (Å²) in [5.74, 6) is -0.839. The maximum absolute atomic E-state index is 12.7. The summed E-state index contributed by atoms with van der Waals surface area (Å²) in [6.45, 7) is 3.07. The van der Waals surface area contributed by atoms with Gasteiger partial charge in [-0.3, -0.25) is 4.79 Å². The standard InChI is InChI=1S/C14H11BrF3N3O/c1-7-5-9(15)3-4-10(7)21-13(22)11-6-12(14(16,17)18)20-8(2)19-11/h3-6H,1-2H3,(H,21,22). The highest BCUT2D eigenvalue weighted by Gasteiger charge is 2.34. The molecule has 1 aromatic heterocycles. The molecule has 1 aromatic carbocycles. The van der Waals surface area contributed by atoms with E-state index in [0.717, 1.165) is 10.0 Å². The zero-order chi connectivity index (χ0) is 16.5. The summed E-state index contributed by atoms with van der Waals surface area (Å²) in [5.41, 5.74) is -0.206. The molecule has 0 aliphatic rings. The molecular weight excluding hydrogens is 363 g/mol. The van der Waals surface area contributed by atoms with Crippen LogP contribution in [-0.4, -0.2) is 15.9 Å². The van der Waals surface area contributed by atoms with E-state index in [1.807, 2.05) is 0 Å². The van der Waals surface area contributed by atoms with Gasteiger partial charge in [0.15, 0.2) is 0 Å². The number of amides is 1. The third-order valence-corrected chi connectivity index (χ3v) is 3.29. The summed E-state index contributed by atoms with van der Waals surface area (Å²) in [5, 5.41) is 2.54. The molecule has 1 N–H and O–H groups in total. The van der Waals surface area contributed by atoms with Crippen molar-refractivity contribution in [1.29, 1.82) is 0 Å². The van der Waals surface area contributed by atoms with Gasteiger partial charge in [-0.25, -0.2) is 9.97 Å². The third-order valence-electron chi connectivity index (χ3n) is 2.80.